The van der Waals surface area contributed by atoms with Crippen molar-refractivity contribution in [1.82, 2.24) is 14.8 Å². The summed E-state index contributed by atoms with van der Waals surface area (Å²) in [5.41, 5.74) is 6.47. The van der Waals surface area contributed by atoms with Gasteiger partial charge >= 0.3 is 5.97 Å². The van der Waals surface area contributed by atoms with Crippen molar-refractivity contribution in [2.45, 2.75) is 6.92 Å². The minimum absolute atomic E-state index is 0.311. The predicted molar refractivity (Wildman–Crippen MR) is 68.3 cm³/mol. The molecule has 0 radical (unpaired) electrons. The van der Waals surface area contributed by atoms with E-state index in [1.165, 1.54) is 24.2 Å². The van der Waals surface area contributed by atoms with Crippen LogP contribution in [-0.2, 0) is 4.74 Å². The molecule has 0 fully saturated rings. The number of pyridine rings is 1. The van der Waals surface area contributed by atoms with E-state index in [2.05, 4.69) is 10.1 Å². The normalized spacial score (nSPS) is 10.2. The second-order valence-electron chi connectivity index (χ2n) is 3.66. The van der Waals surface area contributed by atoms with Gasteiger partial charge in [-0.3, -0.25) is 0 Å². The number of anilines is 1. The Morgan fingerprint density at radius 1 is 1.47 bits per heavy atom. The molecule has 7 nitrogen and oxygen atoms in total. The van der Waals surface area contributed by atoms with Gasteiger partial charge in [-0.15, -0.1) is 0 Å². The fourth-order valence-corrected chi connectivity index (χ4v) is 1.50. The molecule has 2 rings (SSSR count). The summed E-state index contributed by atoms with van der Waals surface area (Å²) in [4.78, 5) is 15.7. The molecule has 100 valence electrons. The molecule has 0 aliphatic carbocycles. The zero-order chi connectivity index (χ0) is 13.8. The molecule has 0 unspecified atom stereocenters. The van der Waals surface area contributed by atoms with Gasteiger partial charge in [0.2, 0.25) is 5.88 Å². The Morgan fingerprint density at radius 3 is 2.95 bits per heavy atom. The van der Waals surface area contributed by atoms with Gasteiger partial charge in [-0.05, 0) is 19.1 Å². The molecule has 0 aliphatic heterocycles. The fourth-order valence-electron chi connectivity index (χ4n) is 1.50. The summed E-state index contributed by atoms with van der Waals surface area (Å²) in [6.45, 7) is 2.06. The lowest BCUT2D eigenvalue weighted by atomic mass is 10.3. The van der Waals surface area contributed by atoms with Crippen molar-refractivity contribution in [2.75, 3.05) is 19.5 Å². The van der Waals surface area contributed by atoms with Crippen molar-refractivity contribution in [3.63, 3.8) is 0 Å². The third-order valence-corrected chi connectivity index (χ3v) is 2.40. The summed E-state index contributed by atoms with van der Waals surface area (Å²) < 4.78 is 11.4. The molecule has 0 spiro atoms. The molecule has 19 heavy (non-hydrogen) atoms. The smallest absolute Gasteiger partial charge is 0.341 e. The van der Waals surface area contributed by atoms with Gasteiger partial charge in [-0.1, -0.05) is 0 Å². The first-order valence-electron chi connectivity index (χ1n) is 5.68. The largest absolute Gasteiger partial charge is 0.479 e. The number of carbonyl (C=O) groups is 1. The summed E-state index contributed by atoms with van der Waals surface area (Å²) >= 11 is 0. The summed E-state index contributed by atoms with van der Waals surface area (Å²) in [7, 11) is 1.48. The van der Waals surface area contributed by atoms with E-state index in [1.807, 2.05) is 0 Å². The van der Waals surface area contributed by atoms with E-state index in [-0.39, 0.29) is 0 Å². The number of esters is 1. The number of methoxy groups -OCH3 is 1. The van der Waals surface area contributed by atoms with Gasteiger partial charge in [0.1, 0.15) is 0 Å². The van der Waals surface area contributed by atoms with Crippen LogP contribution in [0.1, 0.15) is 17.3 Å². The van der Waals surface area contributed by atoms with Gasteiger partial charge < -0.3 is 15.2 Å². The first-order chi connectivity index (χ1) is 9.15. The van der Waals surface area contributed by atoms with Gasteiger partial charge in [0, 0.05) is 6.20 Å². The van der Waals surface area contributed by atoms with E-state index in [4.69, 9.17) is 15.2 Å². The first-order valence-corrected chi connectivity index (χ1v) is 5.68. The maximum atomic E-state index is 11.5. The van der Waals surface area contributed by atoms with Crippen LogP contribution in [0.2, 0.25) is 0 Å². The minimum atomic E-state index is -0.420. The fraction of sp³-hybridized carbons (Fsp3) is 0.250. The Kier molecular flexibility index (Phi) is 3.65. The Labute approximate surface area is 110 Å². The Bertz CT molecular complexity index is 594. The van der Waals surface area contributed by atoms with Gasteiger partial charge in [-0.2, -0.15) is 10.1 Å². The highest BCUT2D eigenvalue weighted by Gasteiger charge is 2.11. The first kappa shape index (κ1) is 12.9. The van der Waals surface area contributed by atoms with E-state index in [9.17, 15) is 4.79 Å². The van der Waals surface area contributed by atoms with E-state index in [0.29, 0.717) is 29.6 Å². The van der Waals surface area contributed by atoms with Gasteiger partial charge in [-0.25, -0.2) is 9.48 Å². The highest BCUT2D eigenvalue weighted by molar-refractivity contribution is 5.88. The number of aromatic nitrogens is 3. The average molecular weight is 262 g/mol. The van der Waals surface area contributed by atoms with Crippen LogP contribution >= 0.6 is 0 Å². The molecular formula is C12H14N4O3. The zero-order valence-corrected chi connectivity index (χ0v) is 10.7. The van der Waals surface area contributed by atoms with Crippen LogP contribution in [0.4, 0.5) is 5.69 Å². The van der Waals surface area contributed by atoms with Crippen molar-refractivity contribution in [3.05, 3.63) is 30.1 Å². The second kappa shape index (κ2) is 5.38. The summed E-state index contributed by atoms with van der Waals surface area (Å²) in [5, 5.41) is 4.05. The van der Waals surface area contributed by atoms with Crippen LogP contribution in [-0.4, -0.2) is 34.5 Å². The zero-order valence-electron chi connectivity index (χ0n) is 10.7. The van der Waals surface area contributed by atoms with Crippen LogP contribution in [0, 0.1) is 0 Å². The number of nitrogen functional groups attached to an aromatic ring is 1. The molecule has 2 aromatic heterocycles. The lowest BCUT2D eigenvalue weighted by molar-refractivity contribution is 0.0526. The highest BCUT2D eigenvalue weighted by Crippen LogP contribution is 2.19. The van der Waals surface area contributed by atoms with E-state index < -0.39 is 5.97 Å². The van der Waals surface area contributed by atoms with Crippen LogP contribution < -0.4 is 10.5 Å². The van der Waals surface area contributed by atoms with Crippen molar-refractivity contribution in [2.24, 2.45) is 0 Å². The predicted octanol–water partition coefficient (Wildman–Crippen LogP) is 1.03. The van der Waals surface area contributed by atoms with Gasteiger partial charge in [0.05, 0.1) is 31.2 Å². The second-order valence-corrected chi connectivity index (χ2v) is 3.66. The number of nitrogens with two attached hydrogens (primary N) is 1. The Morgan fingerprint density at radius 2 is 2.26 bits per heavy atom. The number of hydrogen-bond donors (Lipinski definition) is 1. The number of ether oxygens (including phenoxy) is 2. The molecule has 0 saturated heterocycles. The molecule has 0 bridgehead atoms. The molecule has 2 N–H and O–H groups in total. The standard InChI is InChI=1S/C12H14N4O3/c1-3-19-12(17)8-6-14-16(7-8)10-5-4-9(13)11(15-10)18-2/h4-7H,3,13H2,1-2H3. The van der Waals surface area contributed by atoms with Crippen molar-refractivity contribution in [3.8, 4) is 11.7 Å². The van der Waals surface area contributed by atoms with Crippen LogP contribution in [0.25, 0.3) is 5.82 Å². The van der Waals surface area contributed by atoms with Crippen molar-refractivity contribution in [1.29, 1.82) is 0 Å². The molecule has 0 amide bonds. The summed E-state index contributed by atoms with van der Waals surface area (Å²) in [6.07, 6.45) is 2.96. The van der Waals surface area contributed by atoms with Crippen LogP contribution in [0.15, 0.2) is 24.5 Å². The van der Waals surface area contributed by atoms with Crippen LogP contribution in [0.5, 0.6) is 5.88 Å². The monoisotopic (exact) mass is 262 g/mol. The molecule has 7 heteroatoms. The lowest BCUT2D eigenvalue weighted by Crippen LogP contribution is -2.04. The average Bonchev–Trinajstić information content (AvgIpc) is 2.89. The Hall–Kier alpha value is -2.57. The molecule has 2 heterocycles. The van der Waals surface area contributed by atoms with Gasteiger partial charge in [0.15, 0.2) is 5.82 Å². The number of carbonyl (C=O) groups excluding carboxylic acids is 1. The minimum Gasteiger partial charge on any atom is -0.479 e. The maximum Gasteiger partial charge on any atom is 0.341 e. The molecule has 0 aliphatic rings. The van der Waals surface area contributed by atoms with E-state index in [1.54, 1.807) is 19.1 Å². The number of nitrogens with zero attached hydrogens (tertiary/aromatic N) is 3. The highest BCUT2D eigenvalue weighted by atomic mass is 16.5. The third-order valence-electron chi connectivity index (χ3n) is 2.40. The molecular weight excluding hydrogens is 248 g/mol. The number of hydrogen-bond acceptors (Lipinski definition) is 6. The van der Waals surface area contributed by atoms with Gasteiger partial charge in [0.25, 0.3) is 0 Å². The van der Waals surface area contributed by atoms with E-state index >= 15 is 0 Å². The molecule has 0 saturated carbocycles. The van der Waals surface area contributed by atoms with Crippen molar-refractivity contribution < 1.29 is 14.3 Å². The Balaban J connectivity index is 2.30. The summed E-state index contributed by atoms with van der Waals surface area (Å²) in [6, 6.07) is 3.34. The molecule has 0 atom stereocenters. The lowest BCUT2D eigenvalue weighted by Gasteiger charge is -2.05. The quantitative estimate of drug-likeness (QED) is 0.827. The van der Waals surface area contributed by atoms with E-state index in [0.717, 1.165) is 0 Å². The molecule has 0 aromatic carbocycles. The summed E-state index contributed by atoms with van der Waals surface area (Å²) in [5.74, 6) is 0.392. The maximum absolute atomic E-state index is 11.5. The van der Waals surface area contributed by atoms with Crippen LogP contribution in [0.3, 0.4) is 0 Å². The SMILES string of the molecule is CCOC(=O)c1cnn(-c2ccc(N)c(OC)n2)c1. The third kappa shape index (κ3) is 2.65. The molecule has 2 aromatic rings. The number of rotatable bonds is 4. The topological polar surface area (TPSA) is 92.3 Å². The van der Waals surface area contributed by atoms with Crippen molar-refractivity contribution >= 4 is 11.7 Å².